The predicted molar refractivity (Wildman–Crippen MR) is 68.0 cm³/mol. The fraction of sp³-hybridized carbons (Fsp3) is 0.417. The molecule has 0 aliphatic heterocycles. The fourth-order valence-corrected chi connectivity index (χ4v) is 1.58. The minimum Gasteiger partial charge on any atom is -0.423 e. The van der Waals surface area contributed by atoms with Crippen LogP contribution in [0.15, 0.2) is 22.6 Å². The van der Waals surface area contributed by atoms with Crippen LogP contribution in [0.3, 0.4) is 0 Å². The lowest BCUT2D eigenvalue weighted by Crippen LogP contribution is -2.02. The second-order valence-electron chi connectivity index (χ2n) is 3.87. The third kappa shape index (κ3) is 3.10. The van der Waals surface area contributed by atoms with E-state index in [-0.39, 0.29) is 0 Å². The lowest BCUT2D eigenvalue weighted by Gasteiger charge is -2.00. The summed E-state index contributed by atoms with van der Waals surface area (Å²) in [5, 5.41) is 3.14. The largest absolute Gasteiger partial charge is 0.423 e. The van der Waals surface area contributed by atoms with Crippen LogP contribution in [0.25, 0.3) is 11.1 Å². The van der Waals surface area contributed by atoms with Crippen LogP contribution in [0.2, 0.25) is 0 Å². The molecule has 1 heterocycles. The standard InChI is InChI=1S/C12H17N3O2/c1-16-7-3-2-6-14-12-15-10-5-4-9(13)8-11(10)17-12/h4-5,8H,2-3,6-7,13H2,1H3,(H,14,15). The quantitative estimate of drug-likeness (QED) is 0.593. The number of unbranched alkanes of at least 4 members (excludes halogenated alkanes) is 1. The highest BCUT2D eigenvalue weighted by molar-refractivity contribution is 5.77. The van der Waals surface area contributed by atoms with E-state index in [4.69, 9.17) is 14.9 Å². The van der Waals surface area contributed by atoms with Crippen molar-refractivity contribution in [2.75, 3.05) is 31.3 Å². The van der Waals surface area contributed by atoms with E-state index < -0.39 is 0 Å². The molecule has 0 fully saturated rings. The molecule has 17 heavy (non-hydrogen) atoms. The molecule has 0 bridgehead atoms. The van der Waals surface area contributed by atoms with Gasteiger partial charge in [-0.15, -0.1) is 0 Å². The third-order valence-corrected chi connectivity index (χ3v) is 2.46. The van der Waals surface area contributed by atoms with Gasteiger partial charge in [-0.25, -0.2) is 0 Å². The van der Waals surface area contributed by atoms with Crippen molar-refractivity contribution >= 4 is 22.8 Å². The van der Waals surface area contributed by atoms with E-state index >= 15 is 0 Å². The molecule has 0 spiro atoms. The molecule has 0 aliphatic rings. The minimum absolute atomic E-state index is 0.544. The maximum absolute atomic E-state index is 5.67. The van der Waals surface area contributed by atoms with Crippen molar-refractivity contribution in [2.45, 2.75) is 12.8 Å². The van der Waals surface area contributed by atoms with E-state index in [1.54, 1.807) is 13.2 Å². The van der Waals surface area contributed by atoms with E-state index in [1.165, 1.54) is 0 Å². The molecule has 92 valence electrons. The van der Waals surface area contributed by atoms with Crippen molar-refractivity contribution in [1.82, 2.24) is 4.98 Å². The average molecular weight is 235 g/mol. The first-order valence-electron chi connectivity index (χ1n) is 5.68. The number of nitrogens with zero attached hydrogens (tertiary/aromatic N) is 1. The Morgan fingerprint density at radius 3 is 3.12 bits per heavy atom. The number of methoxy groups -OCH3 is 1. The van der Waals surface area contributed by atoms with Gasteiger partial charge in [0.05, 0.1) is 0 Å². The van der Waals surface area contributed by atoms with E-state index in [1.807, 2.05) is 12.1 Å². The van der Waals surface area contributed by atoms with Gasteiger partial charge in [0, 0.05) is 32.0 Å². The molecule has 2 rings (SSSR count). The predicted octanol–water partition coefficient (Wildman–Crippen LogP) is 2.25. The Labute approximate surface area is 100.0 Å². The van der Waals surface area contributed by atoms with Crippen molar-refractivity contribution in [3.8, 4) is 0 Å². The molecule has 0 saturated heterocycles. The number of hydrogen-bond donors (Lipinski definition) is 2. The zero-order valence-corrected chi connectivity index (χ0v) is 9.90. The molecule has 3 N–H and O–H groups in total. The molecule has 0 amide bonds. The summed E-state index contributed by atoms with van der Waals surface area (Å²) in [6.07, 6.45) is 2.05. The summed E-state index contributed by atoms with van der Waals surface area (Å²) in [5.74, 6) is 0. The van der Waals surface area contributed by atoms with Crippen LogP contribution in [0.1, 0.15) is 12.8 Å². The molecule has 5 heteroatoms. The van der Waals surface area contributed by atoms with Gasteiger partial charge in [-0.05, 0) is 25.0 Å². The van der Waals surface area contributed by atoms with Gasteiger partial charge in [0.25, 0.3) is 6.01 Å². The highest BCUT2D eigenvalue weighted by Gasteiger charge is 2.04. The van der Waals surface area contributed by atoms with Gasteiger partial charge in [-0.2, -0.15) is 4.98 Å². The van der Waals surface area contributed by atoms with Crippen LogP contribution >= 0.6 is 0 Å². The van der Waals surface area contributed by atoms with Crippen LogP contribution in [-0.2, 0) is 4.74 Å². The van der Waals surface area contributed by atoms with Crippen molar-refractivity contribution in [1.29, 1.82) is 0 Å². The highest BCUT2D eigenvalue weighted by Crippen LogP contribution is 2.20. The maximum atomic E-state index is 5.67. The van der Waals surface area contributed by atoms with E-state index in [0.717, 1.165) is 31.5 Å². The molecule has 1 aromatic heterocycles. The van der Waals surface area contributed by atoms with Crippen molar-refractivity contribution in [3.63, 3.8) is 0 Å². The first-order chi connectivity index (χ1) is 8.29. The molecule has 5 nitrogen and oxygen atoms in total. The molecule has 0 aliphatic carbocycles. The number of aromatic nitrogens is 1. The lowest BCUT2D eigenvalue weighted by molar-refractivity contribution is 0.193. The van der Waals surface area contributed by atoms with Crippen LogP contribution in [-0.4, -0.2) is 25.2 Å². The molecule has 0 atom stereocenters. The Bertz CT molecular complexity index is 482. The molecule has 0 radical (unpaired) electrons. The monoisotopic (exact) mass is 235 g/mol. The first kappa shape index (κ1) is 11.7. The Morgan fingerprint density at radius 2 is 2.29 bits per heavy atom. The summed E-state index contributed by atoms with van der Waals surface area (Å²) in [4.78, 5) is 4.31. The molecule has 2 aromatic rings. The SMILES string of the molecule is COCCCCNc1nc2ccc(N)cc2o1. The number of nitrogens with two attached hydrogens (primary N) is 1. The van der Waals surface area contributed by atoms with Gasteiger partial charge >= 0.3 is 0 Å². The van der Waals surface area contributed by atoms with Gasteiger partial charge in [0.15, 0.2) is 5.58 Å². The number of oxazole rings is 1. The second-order valence-corrected chi connectivity index (χ2v) is 3.87. The normalized spacial score (nSPS) is 10.9. The highest BCUT2D eigenvalue weighted by atomic mass is 16.5. The lowest BCUT2D eigenvalue weighted by atomic mass is 10.3. The fourth-order valence-electron chi connectivity index (χ4n) is 1.58. The third-order valence-electron chi connectivity index (χ3n) is 2.46. The van der Waals surface area contributed by atoms with Gasteiger partial charge in [0.2, 0.25) is 0 Å². The molecule has 0 saturated carbocycles. The number of anilines is 2. The zero-order chi connectivity index (χ0) is 12.1. The minimum atomic E-state index is 0.544. The van der Waals surface area contributed by atoms with Crippen LogP contribution in [0.5, 0.6) is 0 Å². The Morgan fingerprint density at radius 1 is 1.41 bits per heavy atom. The molecule has 1 aromatic carbocycles. The number of ether oxygens (including phenoxy) is 1. The smallest absolute Gasteiger partial charge is 0.295 e. The number of benzene rings is 1. The Kier molecular flexibility index (Phi) is 3.82. The van der Waals surface area contributed by atoms with Gasteiger partial charge in [-0.3, -0.25) is 0 Å². The molecular formula is C12H17N3O2. The van der Waals surface area contributed by atoms with Gasteiger partial charge < -0.3 is 20.2 Å². The number of rotatable bonds is 6. The van der Waals surface area contributed by atoms with Crippen LogP contribution in [0.4, 0.5) is 11.7 Å². The maximum Gasteiger partial charge on any atom is 0.295 e. The van der Waals surface area contributed by atoms with Crippen molar-refractivity contribution in [2.24, 2.45) is 0 Å². The van der Waals surface area contributed by atoms with Gasteiger partial charge in [0.1, 0.15) is 5.52 Å². The Hall–Kier alpha value is -1.75. The van der Waals surface area contributed by atoms with Crippen LogP contribution in [0, 0.1) is 0 Å². The number of hydrogen-bond acceptors (Lipinski definition) is 5. The van der Waals surface area contributed by atoms with Gasteiger partial charge in [-0.1, -0.05) is 0 Å². The summed E-state index contributed by atoms with van der Waals surface area (Å²) in [5.41, 5.74) is 7.88. The average Bonchev–Trinajstić information content (AvgIpc) is 2.70. The van der Waals surface area contributed by atoms with Crippen molar-refractivity contribution in [3.05, 3.63) is 18.2 Å². The number of nitrogen functional groups attached to an aromatic ring is 1. The van der Waals surface area contributed by atoms with Crippen LogP contribution < -0.4 is 11.1 Å². The molecule has 0 unspecified atom stereocenters. The topological polar surface area (TPSA) is 73.3 Å². The Balaban J connectivity index is 1.91. The van der Waals surface area contributed by atoms with E-state index in [0.29, 0.717) is 17.3 Å². The summed E-state index contributed by atoms with van der Waals surface area (Å²) in [7, 11) is 1.71. The zero-order valence-electron chi connectivity index (χ0n) is 9.90. The number of nitrogens with one attached hydrogen (secondary N) is 1. The summed E-state index contributed by atoms with van der Waals surface area (Å²) >= 11 is 0. The summed E-state index contributed by atoms with van der Waals surface area (Å²) in [6, 6.07) is 5.98. The van der Waals surface area contributed by atoms with E-state index in [9.17, 15) is 0 Å². The summed E-state index contributed by atoms with van der Waals surface area (Å²) in [6.45, 7) is 1.61. The van der Waals surface area contributed by atoms with E-state index in [2.05, 4.69) is 10.3 Å². The molecular weight excluding hydrogens is 218 g/mol. The second kappa shape index (κ2) is 5.54. The van der Waals surface area contributed by atoms with Crippen molar-refractivity contribution < 1.29 is 9.15 Å². The first-order valence-corrected chi connectivity index (χ1v) is 5.68. The number of fused-ring (bicyclic) bond motifs is 1. The summed E-state index contributed by atoms with van der Waals surface area (Å²) < 4.78 is 10.5.